The van der Waals surface area contributed by atoms with Crippen molar-refractivity contribution in [2.45, 2.75) is 25.3 Å². The Hall–Kier alpha value is -0.880. The Morgan fingerprint density at radius 3 is 3.27 bits per heavy atom. The van der Waals surface area contributed by atoms with Gasteiger partial charge in [-0.05, 0) is 25.2 Å². The Morgan fingerprint density at radius 1 is 1.55 bits per heavy atom. The summed E-state index contributed by atoms with van der Waals surface area (Å²) in [6, 6.07) is 0.282. The van der Waals surface area contributed by atoms with Gasteiger partial charge < -0.3 is 0 Å². The fourth-order valence-electron chi connectivity index (χ4n) is 1.97. The number of allylic oxidation sites excluding steroid dienone is 1. The van der Waals surface area contributed by atoms with E-state index in [9.17, 15) is 4.79 Å². The number of rotatable bonds is 1. The first-order valence-corrected chi connectivity index (χ1v) is 4.17. The van der Waals surface area contributed by atoms with Crippen LogP contribution in [-0.4, -0.2) is 12.1 Å². The molecule has 2 aliphatic rings. The van der Waals surface area contributed by atoms with Crippen LogP contribution in [0.1, 0.15) is 19.3 Å². The summed E-state index contributed by atoms with van der Waals surface area (Å²) in [5, 5.41) is 0. The Kier molecular flexibility index (Phi) is 1.63. The molecule has 0 heterocycles. The molecule has 0 saturated heterocycles. The van der Waals surface area contributed by atoms with Crippen LogP contribution in [0, 0.1) is 11.8 Å². The maximum Gasteiger partial charge on any atom is 0.235 e. The van der Waals surface area contributed by atoms with Gasteiger partial charge in [-0.25, -0.2) is 9.79 Å². The number of hydrogen-bond acceptors (Lipinski definition) is 2. The molecule has 2 nitrogen and oxygen atoms in total. The summed E-state index contributed by atoms with van der Waals surface area (Å²) in [5.74, 6) is 1.23. The second-order valence-corrected chi connectivity index (χ2v) is 3.31. The van der Waals surface area contributed by atoms with Crippen LogP contribution in [0.5, 0.6) is 0 Å². The third-order valence-electron chi connectivity index (χ3n) is 2.65. The van der Waals surface area contributed by atoms with Crippen LogP contribution in [0.3, 0.4) is 0 Å². The largest absolute Gasteiger partial charge is 0.235 e. The predicted octanol–water partition coefficient (Wildman–Crippen LogP) is 1.68. The van der Waals surface area contributed by atoms with E-state index in [1.165, 1.54) is 19.3 Å². The number of isocyanates is 1. The minimum Gasteiger partial charge on any atom is -0.211 e. The van der Waals surface area contributed by atoms with E-state index in [1.54, 1.807) is 6.08 Å². The molecule has 2 aliphatic carbocycles. The van der Waals surface area contributed by atoms with E-state index in [1.807, 2.05) is 0 Å². The number of carbonyl (C=O) groups excluding carboxylic acids is 1. The molecule has 0 N–H and O–H groups in total. The van der Waals surface area contributed by atoms with Gasteiger partial charge >= 0.3 is 0 Å². The maximum atomic E-state index is 9.97. The highest BCUT2D eigenvalue weighted by Crippen LogP contribution is 2.47. The second kappa shape index (κ2) is 2.63. The zero-order valence-electron chi connectivity index (χ0n) is 6.36. The summed E-state index contributed by atoms with van der Waals surface area (Å²) in [5.41, 5.74) is 0. The summed E-state index contributed by atoms with van der Waals surface area (Å²) >= 11 is 0. The van der Waals surface area contributed by atoms with Crippen molar-refractivity contribution in [1.29, 1.82) is 0 Å². The molecule has 0 amide bonds. The normalized spacial score (nSPS) is 40.2. The molecule has 0 aliphatic heterocycles. The lowest BCUT2D eigenvalue weighted by molar-refractivity contribution is 0.560. The van der Waals surface area contributed by atoms with Gasteiger partial charge in [0.2, 0.25) is 6.08 Å². The van der Waals surface area contributed by atoms with E-state index in [4.69, 9.17) is 0 Å². The topological polar surface area (TPSA) is 29.4 Å². The fraction of sp³-hybridized carbons (Fsp3) is 0.667. The second-order valence-electron chi connectivity index (χ2n) is 3.31. The van der Waals surface area contributed by atoms with Crippen molar-refractivity contribution >= 4 is 6.08 Å². The van der Waals surface area contributed by atoms with E-state index < -0.39 is 0 Å². The standard InChI is InChI=1S/C9H11NO/c11-6-10-9-7-4-2-1-3-5-8(7)9/h2,4,7-9H,1,3,5H2. The first-order chi connectivity index (χ1) is 5.43. The van der Waals surface area contributed by atoms with E-state index in [-0.39, 0.29) is 6.04 Å². The summed E-state index contributed by atoms with van der Waals surface area (Å²) in [6.07, 6.45) is 9.75. The Labute approximate surface area is 66.0 Å². The quantitative estimate of drug-likeness (QED) is 0.317. The molecule has 1 fully saturated rings. The van der Waals surface area contributed by atoms with Crippen molar-refractivity contribution in [3.63, 3.8) is 0 Å². The highest BCUT2D eigenvalue weighted by Gasteiger charge is 2.48. The van der Waals surface area contributed by atoms with Gasteiger partial charge in [0.15, 0.2) is 0 Å². The van der Waals surface area contributed by atoms with Gasteiger partial charge in [0, 0.05) is 5.92 Å². The molecule has 2 heteroatoms. The van der Waals surface area contributed by atoms with Gasteiger partial charge in [0.05, 0.1) is 6.04 Å². The lowest BCUT2D eigenvalue weighted by Crippen LogP contribution is -1.84. The molecule has 3 atom stereocenters. The number of aliphatic imine (C=N–C) groups is 1. The van der Waals surface area contributed by atoms with Crippen molar-refractivity contribution in [3.8, 4) is 0 Å². The summed E-state index contributed by atoms with van der Waals surface area (Å²) < 4.78 is 0. The lowest BCUT2D eigenvalue weighted by Gasteiger charge is -1.91. The van der Waals surface area contributed by atoms with Crippen molar-refractivity contribution in [2.75, 3.05) is 0 Å². The first-order valence-electron chi connectivity index (χ1n) is 4.17. The van der Waals surface area contributed by atoms with Crippen molar-refractivity contribution < 1.29 is 4.79 Å². The lowest BCUT2D eigenvalue weighted by atomic mass is 10.2. The predicted molar refractivity (Wildman–Crippen MR) is 41.9 cm³/mol. The first kappa shape index (κ1) is 6.81. The van der Waals surface area contributed by atoms with Crippen LogP contribution in [0.25, 0.3) is 0 Å². The van der Waals surface area contributed by atoms with Crippen molar-refractivity contribution in [3.05, 3.63) is 12.2 Å². The zero-order valence-corrected chi connectivity index (χ0v) is 6.36. The van der Waals surface area contributed by atoms with Gasteiger partial charge in [-0.2, -0.15) is 0 Å². The molecule has 58 valence electrons. The van der Waals surface area contributed by atoms with Crippen molar-refractivity contribution in [2.24, 2.45) is 16.8 Å². The molecular weight excluding hydrogens is 138 g/mol. The third kappa shape index (κ3) is 1.14. The summed E-state index contributed by atoms with van der Waals surface area (Å²) in [7, 11) is 0. The fourth-order valence-corrected chi connectivity index (χ4v) is 1.97. The molecule has 0 aromatic rings. The third-order valence-corrected chi connectivity index (χ3v) is 2.65. The molecule has 0 aromatic carbocycles. The Morgan fingerprint density at radius 2 is 2.45 bits per heavy atom. The average molecular weight is 149 g/mol. The summed E-state index contributed by atoms with van der Waals surface area (Å²) in [4.78, 5) is 13.7. The van der Waals surface area contributed by atoms with Crippen molar-refractivity contribution in [1.82, 2.24) is 0 Å². The molecule has 0 radical (unpaired) electrons. The SMILES string of the molecule is O=C=NC1C2C=CCCCC21. The monoisotopic (exact) mass is 149 g/mol. The molecule has 11 heavy (non-hydrogen) atoms. The van der Waals surface area contributed by atoms with Gasteiger partial charge in [0.25, 0.3) is 0 Å². The Bertz CT molecular complexity index is 228. The smallest absolute Gasteiger partial charge is 0.211 e. The van der Waals surface area contributed by atoms with E-state index in [0.29, 0.717) is 11.8 Å². The number of fused-ring (bicyclic) bond motifs is 1. The van der Waals surface area contributed by atoms with Crippen LogP contribution in [0.2, 0.25) is 0 Å². The molecular formula is C9H11NO. The molecule has 3 unspecified atom stereocenters. The van der Waals surface area contributed by atoms with Gasteiger partial charge in [0.1, 0.15) is 0 Å². The van der Waals surface area contributed by atoms with Crippen LogP contribution in [0.4, 0.5) is 0 Å². The van der Waals surface area contributed by atoms with Crippen LogP contribution >= 0.6 is 0 Å². The molecule has 1 saturated carbocycles. The Balaban J connectivity index is 2.05. The maximum absolute atomic E-state index is 9.97. The molecule has 0 aromatic heterocycles. The number of nitrogens with zero attached hydrogens (tertiary/aromatic N) is 1. The zero-order chi connectivity index (χ0) is 7.68. The highest BCUT2D eigenvalue weighted by atomic mass is 16.1. The summed E-state index contributed by atoms with van der Waals surface area (Å²) in [6.45, 7) is 0. The highest BCUT2D eigenvalue weighted by molar-refractivity contribution is 5.36. The molecule has 0 spiro atoms. The van der Waals surface area contributed by atoms with Gasteiger partial charge in [-0.15, -0.1) is 0 Å². The van der Waals surface area contributed by atoms with E-state index in [0.717, 1.165) is 0 Å². The van der Waals surface area contributed by atoms with Gasteiger partial charge in [-0.3, -0.25) is 0 Å². The molecule has 2 rings (SSSR count). The minimum atomic E-state index is 0.282. The molecule has 0 bridgehead atoms. The van der Waals surface area contributed by atoms with Crippen LogP contribution in [-0.2, 0) is 4.79 Å². The van der Waals surface area contributed by atoms with E-state index in [2.05, 4.69) is 17.1 Å². The number of hydrogen-bond donors (Lipinski definition) is 0. The van der Waals surface area contributed by atoms with Gasteiger partial charge in [-0.1, -0.05) is 12.2 Å². The van der Waals surface area contributed by atoms with Crippen LogP contribution < -0.4 is 0 Å². The average Bonchev–Trinajstić information content (AvgIpc) is 2.68. The minimum absolute atomic E-state index is 0.282. The van der Waals surface area contributed by atoms with E-state index >= 15 is 0 Å². The van der Waals surface area contributed by atoms with Crippen LogP contribution in [0.15, 0.2) is 17.1 Å².